The van der Waals surface area contributed by atoms with Gasteiger partial charge in [0.1, 0.15) is 10.0 Å². The van der Waals surface area contributed by atoms with Crippen molar-refractivity contribution in [2.75, 3.05) is 13.2 Å². The van der Waals surface area contributed by atoms with Crippen molar-refractivity contribution in [3.63, 3.8) is 0 Å². The molecule has 1 aliphatic rings. The van der Waals surface area contributed by atoms with Crippen molar-refractivity contribution in [3.05, 3.63) is 22.4 Å². The first-order valence-corrected chi connectivity index (χ1v) is 9.15. The lowest BCUT2D eigenvalue weighted by Crippen LogP contribution is -2.29. The minimum atomic E-state index is -3.64. The Morgan fingerprint density at radius 2 is 2.00 bits per heavy atom. The quantitative estimate of drug-likeness (QED) is 0.631. The lowest BCUT2D eigenvalue weighted by Gasteiger charge is -2.21. The number of hydrogen-bond donors (Lipinski definition) is 1. The van der Waals surface area contributed by atoms with Crippen molar-refractivity contribution in [1.82, 2.24) is 9.71 Å². The van der Waals surface area contributed by atoms with Crippen molar-refractivity contribution < 1.29 is 13.2 Å². The summed E-state index contributed by atoms with van der Waals surface area (Å²) in [7, 11) is -3.64. The second-order valence-electron chi connectivity index (χ2n) is 4.97. The van der Waals surface area contributed by atoms with E-state index in [0.717, 1.165) is 12.8 Å². The Kier molecular flexibility index (Phi) is 6.25. The largest absolute Gasteiger partial charge is 0.377 e. The van der Waals surface area contributed by atoms with Crippen LogP contribution in [0.25, 0.3) is 0 Å². The number of aromatic nitrogens is 1. The fourth-order valence-electron chi connectivity index (χ4n) is 2.27. The molecule has 2 rings (SSSR count). The van der Waals surface area contributed by atoms with E-state index in [1.165, 1.54) is 31.5 Å². The fourth-order valence-corrected chi connectivity index (χ4v) is 3.58. The van der Waals surface area contributed by atoms with Gasteiger partial charge in [0, 0.05) is 12.7 Å². The number of nitrogens with one attached hydrogen (secondary N) is 1. The van der Waals surface area contributed by atoms with Gasteiger partial charge in [-0.05, 0) is 18.9 Å². The third kappa shape index (κ3) is 5.07. The van der Waals surface area contributed by atoms with Gasteiger partial charge in [-0.2, -0.15) is 0 Å². The van der Waals surface area contributed by atoms with Crippen LogP contribution in [0.2, 0.25) is 10.2 Å². The molecular weight excluding hydrogens is 335 g/mol. The van der Waals surface area contributed by atoms with Gasteiger partial charge in [-0.3, -0.25) is 0 Å². The van der Waals surface area contributed by atoms with E-state index < -0.39 is 10.0 Å². The Morgan fingerprint density at radius 3 is 2.67 bits per heavy atom. The Labute approximate surface area is 135 Å². The predicted octanol–water partition coefficient (Wildman–Crippen LogP) is 3.02. The standard InChI is InChI=1S/C13H18Cl2N2O3S/c14-12-8-11(9-16-13(12)15)21(18,19)17-6-7-20-10-4-2-1-3-5-10/h8-10,17H,1-7H2. The summed E-state index contributed by atoms with van der Waals surface area (Å²) >= 11 is 11.4. The molecule has 0 bridgehead atoms. The van der Waals surface area contributed by atoms with E-state index in [2.05, 4.69) is 9.71 Å². The summed E-state index contributed by atoms with van der Waals surface area (Å²) < 4.78 is 32.2. The van der Waals surface area contributed by atoms with Crippen molar-refractivity contribution in [1.29, 1.82) is 0 Å². The first kappa shape index (κ1) is 17.0. The predicted molar refractivity (Wildman–Crippen MR) is 82.3 cm³/mol. The average molecular weight is 353 g/mol. The molecule has 5 nitrogen and oxygen atoms in total. The second kappa shape index (κ2) is 7.74. The molecule has 1 aliphatic carbocycles. The van der Waals surface area contributed by atoms with E-state index in [-0.39, 0.29) is 27.7 Å². The van der Waals surface area contributed by atoms with Crippen LogP contribution in [0.5, 0.6) is 0 Å². The molecule has 1 heterocycles. The first-order valence-electron chi connectivity index (χ1n) is 6.91. The summed E-state index contributed by atoms with van der Waals surface area (Å²) in [6.45, 7) is 0.581. The van der Waals surface area contributed by atoms with Crippen molar-refractivity contribution in [2.24, 2.45) is 0 Å². The molecule has 0 spiro atoms. The molecule has 8 heteroatoms. The van der Waals surface area contributed by atoms with Crippen molar-refractivity contribution in [3.8, 4) is 0 Å². The number of halogens is 2. The van der Waals surface area contributed by atoms with Crippen LogP contribution in [0.15, 0.2) is 17.2 Å². The van der Waals surface area contributed by atoms with Crippen LogP contribution in [0.4, 0.5) is 0 Å². The van der Waals surface area contributed by atoms with Crippen LogP contribution in [0.1, 0.15) is 32.1 Å². The van der Waals surface area contributed by atoms with E-state index in [4.69, 9.17) is 27.9 Å². The molecule has 0 aromatic carbocycles. The second-order valence-corrected chi connectivity index (χ2v) is 7.50. The average Bonchev–Trinajstić information content (AvgIpc) is 2.47. The Morgan fingerprint density at radius 1 is 1.29 bits per heavy atom. The molecule has 1 saturated carbocycles. The molecule has 0 atom stereocenters. The molecular formula is C13H18Cl2N2O3S. The van der Waals surface area contributed by atoms with E-state index in [0.29, 0.717) is 6.61 Å². The highest BCUT2D eigenvalue weighted by atomic mass is 35.5. The zero-order valence-corrected chi connectivity index (χ0v) is 13.8. The third-order valence-electron chi connectivity index (χ3n) is 3.38. The van der Waals surface area contributed by atoms with E-state index in [1.807, 2.05) is 0 Å². The van der Waals surface area contributed by atoms with Crippen LogP contribution in [-0.2, 0) is 14.8 Å². The fraction of sp³-hybridized carbons (Fsp3) is 0.615. The van der Waals surface area contributed by atoms with Crippen molar-refractivity contribution >= 4 is 33.2 Å². The highest BCUT2D eigenvalue weighted by Gasteiger charge is 2.17. The monoisotopic (exact) mass is 352 g/mol. The number of nitrogens with zero attached hydrogens (tertiary/aromatic N) is 1. The van der Waals surface area contributed by atoms with Gasteiger partial charge in [-0.15, -0.1) is 0 Å². The summed E-state index contributed by atoms with van der Waals surface area (Å²) in [5.74, 6) is 0. The third-order valence-corrected chi connectivity index (χ3v) is 5.50. The molecule has 1 fully saturated rings. The normalized spacial score (nSPS) is 17.0. The van der Waals surface area contributed by atoms with Gasteiger partial charge in [0.05, 0.1) is 17.7 Å². The zero-order chi connectivity index (χ0) is 15.3. The number of ether oxygens (including phenoxy) is 1. The molecule has 0 saturated heterocycles. The maximum absolute atomic E-state index is 12.0. The molecule has 1 aromatic heterocycles. The van der Waals surface area contributed by atoms with E-state index in [9.17, 15) is 8.42 Å². The molecule has 0 aliphatic heterocycles. The van der Waals surface area contributed by atoms with Crippen LogP contribution < -0.4 is 4.72 Å². The zero-order valence-electron chi connectivity index (χ0n) is 11.5. The molecule has 0 radical (unpaired) electrons. The SMILES string of the molecule is O=S(=O)(NCCOC1CCCCC1)c1cnc(Cl)c(Cl)c1. The number of sulfonamides is 1. The molecule has 118 valence electrons. The minimum absolute atomic E-state index is 0.00503. The van der Waals surface area contributed by atoms with E-state index in [1.54, 1.807) is 0 Å². The van der Waals surface area contributed by atoms with Gasteiger partial charge in [0.15, 0.2) is 0 Å². The molecule has 1 aromatic rings. The maximum Gasteiger partial charge on any atom is 0.242 e. The minimum Gasteiger partial charge on any atom is -0.377 e. The Hall–Kier alpha value is -0.400. The highest BCUT2D eigenvalue weighted by Crippen LogP contribution is 2.22. The molecule has 0 amide bonds. The van der Waals surface area contributed by atoms with Crippen LogP contribution in [-0.4, -0.2) is 32.7 Å². The summed E-state index contributed by atoms with van der Waals surface area (Å²) in [5, 5.41) is 0.189. The molecule has 1 N–H and O–H groups in total. The lowest BCUT2D eigenvalue weighted by molar-refractivity contribution is 0.0321. The summed E-state index contributed by atoms with van der Waals surface area (Å²) in [6, 6.07) is 1.28. The Balaban J connectivity index is 1.82. The highest BCUT2D eigenvalue weighted by molar-refractivity contribution is 7.89. The van der Waals surface area contributed by atoms with Gasteiger partial charge >= 0.3 is 0 Å². The Bertz CT molecular complexity index is 575. The van der Waals surface area contributed by atoms with Gasteiger partial charge in [-0.25, -0.2) is 18.1 Å². The lowest BCUT2D eigenvalue weighted by atomic mass is 9.98. The smallest absolute Gasteiger partial charge is 0.242 e. The molecule has 0 unspecified atom stereocenters. The summed E-state index contributed by atoms with van der Waals surface area (Å²) in [5.41, 5.74) is 0. The van der Waals surface area contributed by atoms with E-state index >= 15 is 0 Å². The number of pyridine rings is 1. The van der Waals surface area contributed by atoms with Crippen LogP contribution in [0.3, 0.4) is 0 Å². The first-order chi connectivity index (χ1) is 9.99. The topological polar surface area (TPSA) is 68.3 Å². The van der Waals surface area contributed by atoms with Crippen molar-refractivity contribution in [2.45, 2.75) is 43.1 Å². The van der Waals surface area contributed by atoms with Gasteiger partial charge in [0.25, 0.3) is 0 Å². The van der Waals surface area contributed by atoms with Crippen LogP contribution in [0, 0.1) is 0 Å². The van der Waals surface area contributed by atoms with Crippen LogP contribution >= 0.6 is 23.2 Å². The summed E-state index contributed by atoms with van der Waals surface area (Å²) in [6.07, 6.45) is 7.19. The van der Waals surface area contributed by atoms with Gasteiger partial charge in [0.2, 0.25) is 10.0 Å². The van der Waals surface area contributed by atoms with Gasteiger partial charge in [-0.1, -0.05) is 42.5 Å². The number of hydrogen-bond acceptors (Lipinski definition) is 4. The van der Waals surface area contributed by atoms with Gasteiger partial charge < -0.3 is 4.74 Å². The summed E-state index contributed by atoms with van der Waals surface area (Å²) in [4.78, 5) is 3.72. The maximum atomic E-state index is 12.0. The number of rotatable bonds is 6. The molecule has 21 heavy (non-hydrogen) atoms.